The van der Waals surface area contributed by atoms with Crippen LogP contribution in [0, 0.1) is 0 Å². The van der Waals surface area contributed by atoms with Crippen LogP contribution >= 0.6 is 0 Å². The molecule has 19 nitrogen and oxygen atoms in total. The van der Waals surface area contributed by atoms with Crippen LogP contribution in [0.1, 0.15) is 48.4 Å². The van der Waals surface area contributed by atoms with Crippen LogP contribution in [0.15, 0.2) is 57.9 Å². The molecule has 10 N–H and O–H groups in total. The van der Waals surface area contributed by atoms with E-state index in [9.17, 15) is 19.2 Å². The quantitative estimate of drug-likeness (QED) is 0.0663. The summed E-state index contributed by atoms with van der Waals surface area (Å²) in [4.78, 5) is 72.2. The van der Waals surface area contributed by atoms with Crippen LogP contribution in [0.25, 0.3) is 22.2 Å². The highest BCUT2D eigenvalue weighted by molar-refractivity contribution is 6.47. The van der Waals surface area contributed by atoms with Crippen molar-refractivity contribution in [3.8, 4) is 5.75 Å². The molecule has 280 valence electrons. The number of pyridine rings is 1. The van der Waals surface area contributed by atoms with Gasteiger partial charge in [0, 0.05) is 42.8 Å². The molecule has 3 aromatic heterocycles. The summed E-state index contributed by atoms with van der Waals surface area (Å²) in [5, 5.41) is 5.53. The summed E-state index contributed by atoms with van der Waals surface area (Å²) < 4.78 is 14.9. The molecule has 53 heavy (non-hydrogen) atoms. The van der Waals surface area contributed by atoms with Gasteiger partial charge in [0.2, 0.25) is 23.7 Å². The Hall–Kier alpha value is -6.63. The first-order chi connectivity index (χ1) is 25.3. The molecule has 0 aliphatic rings. The number of nitrogens with two attached hydrogens (primary N) is 4. The van der Waals surface area contributed by atoms with Crippen LogP contribution in [-0.4, -0.2) is 92.6 Å². The zero-order valence-electron chi connectivity index (χ0n) is 30.1. The zero-order chi connectivity index (χ0) is 38.8. The number of anilines is 2. The molecule has 0 atom stereocenters. The van der Waals surface area contributed by atoms with E-state index in [1.54, 1.807) is 36.8 Å². The van der Waals surface area contributed by atoms with Crippen molar-refractivity contribution in [1.82, 2.24) is 24.1 Å². The number of imidazole rings is 2. The van der Waals surface area contributed by atoms with E-state index in [2.05, 4.69) is 35.6 Å². The van der Waals surface area contributed by atoms with E-state index in [4.69, 9.17) is 32.4 Å². The van der Waals surface area contributed by atoms with E-state index in [-0.39, 0.29) is 60.8 Å². The van der Waals surface area contributed by atoms with Gasteiger partial charge in [0.1, 0.15) is 28.2 Å². The summed E-state index contributed by atoms with van der Waals surface area (Å²) in [6.07, 6.45) is 4.22. The Morgan fingerprint density at radius 1 is 0.774 bits per heavy atom. The van der Waals surface area contributed by atoms with Crippen molar-refractivity contribution in [2.45, 2.75) is 40.8 Å². The van der Waals surface area contributed by atoms with Crippen molar-refractivity contribution in [2.24, 2.45) is 32.9 Å². The van der Waals surface area contributed by atoms with Gasteiger partial charge in [0.05, 0.1) is 37.9 Å². The Labute approximate surface area is 304 Å². The second kappa shape index (κ2) is 17.5. The molecule has 0 radical (unpaired) electrons. The first kappa shape index (κ1) is 39.2. The highest BCUT2D eigenvalue weighted by atomic mass is 16.5. The number of benzene rings is 1. The number of ether oxygens (including phenoxy) is 2. The summed E-state index contributed by atoms with van der Waals surface area (Å²) in [6, 6.07) is 4.45. The van der Waals surface area contributed by atoms with Gasteiger partial charge >= 0.3 is 0 Å². The van der Waals surface area contributed by atoms with Crippen molar-refractivity contribution >= 4 is 69.1 Å². The van der Waals surface area contributed by atoms with Gasteiger partial charge in [-0.3, -0.25) is 44.4 Å². The summed E-state index contributed by atoms with van der Waals surface area (Å²) >= 11 is 0. The topological polar surface area (TPSA) is 288 Å². The summed E-state index contributed by atoms with van der Waals surface area (Å²) in [6.45, 7) is 8.06. The summed E-state index contributed by atoms with van der Waals surface area (Å²) in [5.41, 5.74) is 25.4. The minimum atomic E-state index is -0.686. The molecule has 0 aliphatic heterocycles. The molecule has 4 aromatic rings. The Bertz CT molecular complexity index is 2170. The number of fused-ring (bicyclic) bond motifs is 2. The van der Waals surface area contributed by atoms with Gasteiger partial charge in [-0.2, -0.15) is 0 Å². The van der Waals surface area contributed by atoms with E-state index < -0.39 is 23.6 Å². The minimum Gasteiger partial charge on any atom is -0.494 e. The molecule has 19 heteroatoms. The summed E-state index contributed by atoms with van der Waals surface area (Å²) in [7, 11) is 1.43. The number of nitrogens with zero attached hydrogens (tertiary/aromatic N) is 7. The zero-order valence-corrected chi connectivity index (χ0v) is 30.1. The number of hydrogen-bond donors (Lipinski definition) is 6. The number of rotatable bonds is 17. The van der Waals surface area contributed by atoms with Gasteiger partial charge in [0.25, 0.3) is 11.8 Å². The lowest BCUT2D eigenvalue weighted by Gasteiger charge is -2.14. The lowest BCUT2D eigenvalue weighted by Crippen LogP contribution is -2.25. The highest BCUT2D eigenvalue weighted by Gasteiger charge is 2.22. The predicted octanol–water partition coefficient (Wildman–Crippen LogP) is 1.23. The Balaban J connectivity index is 1.62. The van der Waals surface area contributed by atoms with Gasteiger partial charge in [-0.05, 0) is 58.0 Å². The first-order valence-electron chi connectivity index (χ1n) is 16.5. The van der Waals surface area contributed by atoms with Gasteiger partial charge in [-0.15, -0.1) is 0 Å². The minimum absolute atomic E-state index is 0.0985. The predicted molar refractivity (Wildman–Crippen MR) is 201 cm³/mol. The molecule has 0 aliphatic carbocycles. The monoisotopic (exact) mass is 729 g/mol. The van der Waals surface area contributed by atoms with Crippen molar-refractivity contribution in [3.63, 3.8) is 0 Å². The SMILES string of the molecule is CCN=C(/C=C(/C)N)C(=O)Nc1nc2cc(C(N)=O)cnc2n1CCOCCn1c(NC(=O)C(/C=C(/C)N)=NCC)nc2cc(C(N)=O)cc(OC)c21. The van der Waals surface area contributed by atoms with Gasteiger partial charge in [-0.25, -0.2) is 15.0 Å². The number of hydrogen-bond acceptors (Lipinski definition) is 13. The van der Waals surface area contributed by atoms with E-state index in [0.717, 1.165) is 0 Å². The molecule has 0 saturated heterocycles. The number of aromatic nitrogens is 5. The van der Waals surface area contributed by atoms with Crippen LogP contribution in [-0.2, 0) is 27.4 Å². The van der Waals surface area contributed by atoms with E-state index in [1.165, 1.54) is 43.7 Å². The number of aliphatic imine (C=N–C) groups is 2. The largest absolute Gasteiger partial charge is 0.494 e. The molecule has 3 heterocycles. The third-order valence-corrected chi connectivity index (χ3v) is 7.40. The van der Waals surface area contributed by atoms with Gasteiger partial charge < -0.3 is 37.0 Å². The average molecular weight is 730 g/mol. The maximum absolute atomic E-state index is 13.3. The maximum atomic E-state index is 13.3. The third kappa shape index (κ3) is 9.58. The molecule has 4 amide bonds. The third-order valence-electron chi connectivity index (χ3n) is 7.40. The fourth-order valence-corrected chi connectivity index (χ4v) is 5.18. The van der Waals surface area contributed by atoms with Gasteiger partial charge in [0.15, 0.2) is 5.65 Å². The molecule has 4 rings (SSSR count). The summed E-state index contributed by atoms with van der Waals surface area (Å²) in [5.74, 6) is -1.93. The van der Waals surface area contributed by atoms with Crippen LogP contribution in [0.3, 0.4) is 0 Å². The van der Waals surface area contributed by atoms with E-state index in [0.29, 0.717) is 52.4 Å². The second-order valence-electron chi connectivity index (χ2n) is 11.5. The number of nitrogens with one attached hydrogen (secondary N) is 2. The number of methoxy groups -OCH3 is 1. The normalized spacial score (nSPS) is 12.7. The van der Waals surface area contributed by atoms with Crippen molar-refractivity contribution in [1.29, 1.82) is 0 Å². The van der Waals surface area contributed by atoms with Crippen molar-refractivity contribution in [3.05, 3.63) is 59.1 Å². The van der Waals surface area contributed by atoms with Crippen LogP contribution < -0.4 is 38.3 Å². The average Bonchev–Trinajstić information content (AvgIpc) is 3.62. The van der Waals surface area contributed by atoms with Gasteiger partial charge in [-0.1, -0.05) is 0 Å². The standard InChI is InChI=1S/C34H43N13O6/c1-6-39-24(12-18(3)35)31(50)44-33-42-22-14-20(28(37)48)16-26(52-5)27(22)46(33)8-10-53-11-9-47-30-23(15-21(17-41-30)29(38)49)43-34(47)45-32(51)25(40-7-2)13-19(4)36/h12-17H,6-11,35-36H2,1-5H3,(H2,37,48)(H2,38,49)(H,42,44,50)(H,43,45,51)/b18-12-,19-13-,39-24?,40-25?. The number of carbonyl (C=O) groups excluding carboxylic acids is 4. The molecular formula is C34H43N13O6. The molecule has 0 saturated carbocycles. The fourth-order valence-electron chi connectivity index (χ4n) is 5.18. The Morgan fingerprint density at radius 2 is 1.28 bits per heavy atom. The van der Waals surface area contributed by atoms with Crippen LogP contribution in [0.5, 0.6) is 5.75 Å². The maximum Gasteiger partial charge on any atom is 0.276 e. The van der Waals surface area contributed by atoms with E-state index in [1.807, 2.05) is 0 Å². The molecule has 0 bridgehead atoms. The molecule has 0 spiro atoms. The molecule has 1 aromatic carbocycles. The number of allylic oxidation sites excluding steroid dienone is 2. The fraction of sp³-hybridized carbons (Fsp3) is 0.324. The highest BCUT2D eigenvalue weighted by Crippen LogP contribution is 2.31. The molecule has 0 unspecified atom stereocenters. The lowest BCUT2D eigenvalue weighted by atomic mass is 10.1. The van der Waals surface area contributed by atoms with E-state index >= 15 is 0 Å². The van der Waals surface area contributed by atoms with Crippen LogP contribution in [0.4, 0.5) is 11.9 Å². The first-order valence-corrected chi connectivity index (χ1v) is 16.5. The number of carbonyl (C=O) groups is 4. The number of amides is 4. The Kier molecular flexibility index (Phi) is 13.0. The van der Waals surface area contributed by atoms with Crippen molar-refractivity contribution < 1.29 is 28.7 Å². The van der Waals surface area contributed by atoms with Crippen molar-refractivity contribution in [2.75, 3.05) is 44.0 Å². The Morgan fingerprint density at radius 3 is 1.79 bits per heavy atom. The molecular weight excluding hydrogens is 686 g/mol. The van der Waals surface area contributed by atoms with Crippen LogP contribution in [0.2, 0.25) is 0 Å². The number of primary amides is 2. The smallest absolute Gasteiger partial charge is 0.276 e. The lowest BCUT2D eigenvalue weighted by molar-refractivity contribution is -0.111. The molecule has 0 fully saturated rings. The second-order valence-corrected chi connectivity index (χ2v) is 11.5.